The lowest BCUT2D eigenvalue weighted by Gasteiger charge is -2.04. The number of halogens is 2. The maximum atomic E-state index is 13.8. The SMILES string of the molecule is CCCC(=O)NC[C@@H]1[C@@H](c2cccc(OC)c2)C1(F)F. The number of benzene rings is 1. The molecular formula is C15H19F2NO2. The Labute approximate surface area is 117 Å². The first-order chi connectivity index (χ1) is 9.50. The first-order valence-corrected chi connectivity index (χ1v) is 6.79. The van der Waals surface area contributed by atoms with Crippen LogP contribution < -0.4 is 10.1 Å². The Hall–Kier alpha value is -1.65. The van der Waals surface area contributed by atoms with Gasteiger partial charge < -0.3 is 10.1 Å². The van der Waals surface area contributed by atoms with E-state index in [1.807, 2.05) is 6.92 Å². The van der Waals surface area contributed by atoms with Gasteiger partial charge in [-0.1, -0.05) is 19.1 Å². The molecule has 1 N–H and O–H groups in total. The monoisotopic (exact) mass is 283 g/mol. The number of amides is 1. The molecule has 1 fully saturated rings. The molecule has 110 valence electrons. The molecule has 5 heteroatoms. The summed E-state index contributed by atoms with van der Waals surface area (Å²) in [5.41, 5.74) is 0.559. The lowest BCUT2D eigenvalue weighted by atomic mass is 10.1. The second-order valence-electron chi connectivity index (χ2n) is 5.09. The van der Waals surface area contributed by atoms with Gasteiger partial charge in [0, 0.05) is 13.0 Å². The summed E-state index contributed by atoms with van der Waals surface area (Å²) in [6.07, 6.45) is 1.09. The number of carbonyl (C=O) groups excluding carboxylic acids is 1. The van der Waals surface area contributed by atoms with E-state index in [-0.39, 0.29) is 12.5 Å². The first-order valence-electron chi connectivity index (χ1n) is 6.79. The smallest absolute Gasteiger partial charge is 0.260 e. The van der Waals surface area contributed by atoms with Gasteiger partial charge in [0.05, 0.1) is 18.9 Å². The van der Waals surface area contributed by atoms with E-state index in [4.69, 9.17) is 4.74 Å². The minimum Gasteiger partial charge on any atom is -0.497 e. The van der Waals surface area contributed by atoms with Crippen molar-refractivity contribution in [1.29, 1.82) is 0 Å². The summed E-state index contributed by atoms with van der Waals surface area (Å²) in [7, 11) is 1.51. The van der Waals surface area contributed by atoms with E-state index in [2.05, 4.69) is 5.32 Å². The average molecular weight is 283 g/mol. The Bertz CT molecular complexity index is 491. The van der Waals surface area contributed by atoms with Crippen molar-refractivity contribution in [2.75, 3.05) is 13.7 Å². The number of ether oxygens (including phenoxy) is 1. The Kier molecular flexibility index (Phi) is 4.26. The molecule has 1 aliphatic rings. The molecule has 0 aromatic heterocycles. The van der Waals surface area contributed by atoms with Gasteiger partial charge in [-0.3, -0.25) is 4.79 Å². The summed E-state index contributed by atoms with van der Waals surface area (Å²) in [5, 5.41) is 2.58. The van der Waals surface area contributed by atoms with Crippen LogP contribution in [-0.2, 0) is 4.79 Å². The Morgan fingerprint density at radius 3 is 2.85 bits per heavy atom. The molecule has 2 atom stereocenters. The Morgan fingerprint density at radius 1 is 1.45 bits per heavy atom. The standard InChI is InChI=1S/C15H19F2NO2/c1-3-5-13(19)18-9-12-14(15(12,16)17)10-6-4-7-11(8-10)20-2/h4,6-8,12,14H,3,5,9H2,1-2H3,(H,18,19)/t12-,14-/m1/s1. The number of methoxy groups -OCH3 is 1. The van der Waals surface area contributed by atoms with Crippen LogP contribution in [0.15, 0.2) is 24.3 Å². The van der Waals surface area contributed by atoms with E-state index < -0.39 is 17.8 Å². The van der Waals surface area contributed by atoms with Crippen LogP contribution in [-0.4, -0.2) is 25.5 Å². The molecule has 0 radical (unpaired) electrons. The molecule has 0 heterocycles. The topological polar surface area (TPSA) is 38.3 Å². The lowest BCUT2D eigenvalue weighted by molar-refractivity contribution is -0.121. The number of hydrogen-bond donors (Lipinski definition) is 1. The molecule has 1 amide bonds. The second kappa shape index (κ2) is 5.77. The van der Waals surface area contributed by atoms with Crippen molar-refractivity contribution in [3.8, 4) is 5.75 Å². The Balaban J connectivity index is 2.00. The number of nitrogens with one attached hydrogen (secondary N) is 1. The van der Waals surface area contributed by atoms with Crippen molar-refractivity contribution in [2.45, 2.75) is 31.6 Å². The first kappa shape index (κ1) is 14.8. The number of hydrogen-bond acceptors (Lipinski definition) is 2. The molecular weight excluding hydrogens is 264 g/mol. The number of carbonyl (C=O) groups is 1. The van der Waals surface area contributed by atoms with Crippen LogP contribution in [0, 0.1) is 5.92 Å². The summed E-state index contributed by atoms with van der Waals surface area (Å²) in [6, 6.07) is 6.73. The van der Waals surface area contributed by atoms with Crippen molar-refractivity contribution < 1.29 is 18.3 Å². The van der Waals surface area contributed by atoms with E-state index in [1.54, 1.807) is 24.3 Å². The van der Waals surface area contributed by atoms with Gasteiger partial charge in [0.25, 0.3) is 5.92 Å². The second-order valence-corrected chi connectivity index (χ2v) is 5.09. The van der Waals surface area contributed by atoms with Crippen LogP contribution in [0.3, 0.4) is 0 Å². The van der Waals surface area contributed by atoms with Crippen molar-refractivity contribution >= 4 is 5.91 Å². The predicted molar refractivity (Wildman–Crippen MR) is 72.1 cm³/mol. The highest BCUT2D eigenvalue weighted by Gasteiger charge is 2.68. The minimum absolute atomic E-state index is 0.0215. The third kappa shape index (κ3) is 2.92. The Morgan fingerprint density at radius 2 is 2.20 bits per heavy atom. The molecule has 3 nitrogen and oxygen atoms in total. The molecule has 1 saturated carbocycles. The highest BCUT2D eigenvalue weighted by atomic mass is 19.3. The van der Waals surface area contributed by atoms with Crippen LogP contribution in [0.1, 0.15) is 31.2 Å². The number of rotatable bonds is 6. The van der Waals surface area contributed by atoms with Crippen LogP contribution in [0.2, 0.25) is 0 Å². The van der Waals surface area contributed by atoms with Crippen molar-refractivity contribution in [3.63, 3.8) is 0 Å². The zero-order valence-electron chi connectivity index (χ0n) is 11.7. The molecule has 0 bridgehead atoms. The fourth-order valence-electron chi connectivity index (χ4n) is 2.47. The van der Waals surface area contributed by atoms with E-state index in [1.165, 1.54) is 7.11 Å². The normalized spacial score (nSPS) is 23.2. The predicted octanol–water partition coefficient (Wildman–Crippen LogP) is 2.96. The highest BCUT2D eigenvalue weighted by molar-refractivity contribution is 5.75. The van der Waals surface area contributed by atoms with Gasteiger partial charge in [-0.15, -0.1) is 0 Å². The number of alkyl halides is 2. The maximum absolute atomic E-state index is 13.8. The van der Waals surface area contributed by atoms with Crippen molar-refractivity contribution in [2.24, 2.45) is 5.92 Å². The summed E-state index contributed by atoms with van der Waals surface area (Å²) >= 11 is 0. The summed E-state index contributed by atoms with van der Waals surface area (Å²) < 4.78 is 32.7. The van der Waals surface area contributed by atoms with E-state index in [0.717, 1.165) is 0 Å². The van der Waals surface area contributed by atoms with Gasteiger partial charge in [-0.05, 0) is 24.1 Å². The zero-order chi connectivity index (χ0) is 14.8. The van der Waals surface area contributed by atoms with Gasteiger partial charge in [-0.2, -0.15) is 0 Å². The molecule has 1 aromatic rings. The molecule has 2 rings (SSSR count). The van der Waals surface area contributed by atoms with E-state index in [9.17, 15) is 13.6 Å². The molecule has 0 spiro atoms. The zero-order valence-corrected chi connectivity index (χ0v) is 11.7. The van der Waals surface area contributed by atoms with Crippen LogP contribution in [0.4, 0.5) is 8.78 Å². The van der Waals surface area contributed by atoms with Gasteiger partial charge >= 0.3 is 0 Å². The molecule has 1 aliphatic carbocycles. The summed E-state index contributed by atoms with van der Waals surface area (Å²) in [4.78, 5) is 11.4. The molecule has 0 aliphatic heterocycles. The molecule has 0 saturated heterocycles. The third-order valence-electron chi connectivity index (χ3n) is 3.65. The van der Waals surface area contributed by atoms with E-state index >= 15 is 0 Å². The van der Waals surface area contributed by atoms with Gasteiger partial charge in [0.15, 0.2) is 0 Å². The summed E-state index contributed by atoms with van der Waals surface area (Å²) in [6.45, 7) is 1.90. The molecule has 1 aromatic carbocycles. The fourth-order valence-corrected chi connectivity index (χ4v) is 2.47. The minimum atomic E-state index is -2.76. The largest absolute Gasteiger partial charge is 0.497 e. The quantitative estimate of drug-likeness (QED) is 0.871. The van der Waals surface area contributed by atoms with Crippen LogP contribution in [0.5, 0.6) is 5.75 Å². The van der Waals surface area contributed by atoms with Crippen molar-refractivity contribution in [3.05, 3.63) is 29.8 Å². The van der Waals surface area contributed by atoms with Gasteiger partial charge in [-0.25, -0.2) is 8.78 Å². The molecule has 0 unspecified atom stereocenters. The van der Waals surface area contributed by atoms with Crippen LogP contribution in [0.25, 0.3) is 0 Å². The van der Waals surface area contributed by atoms with Crippen LogP contribution >= 0.6 is 0 Å². The maximum Gasteiger partial charge on any atom is 0.260 e. The lowest BCUT2D eigenvalue weighted by Crippen LogP contribution is -2.26. The van der Waals surface area contributed by atoms with Gasteiger partial charge in [0.1, 0.15) is 5.75 Å². The summed E-state index contributed by atoms with van der Waals surface area (Å²) in [5.74, 6) is -4.01. The highest BCUT2D eigenvalue weighted by Crippen LogP contribution is 2.61. The van der Waals surface area contributed by atoms with E-state index in [0.29, 0.717) is 24.2 Å². The van der Waals surface area contributed by atoms with Gasteiger partial charge in [0.2, 0.25) is 5.91 Å². The average Bonchev–Trinajstić information content (AvgIpc) is 2.98. The van der Waals surface area contributed by atoms with Crippen molar-refractivity contribution in [1.82, 2.24) is 5.32 Å². The molecule has 20 heavy (non-hydrogen) atoms. The fraction of sp³-hybridized carbons (Fsp3) is 0.533. The third-order valence-corrected chi connectivity index (χ3v) is 3.65.